The molecule has 1 aromatic rings. The maximum absolute atomic E-state index is 13.6. The second-order valence-corrected chi connectivity index (χ2v) is 9.15. The van der Waals surface area contributed by atoms with E-state index in [1.165, 1.54) is 25.7 Å². The number of ether oxygens (including phenoxy) is 1. The predicted octanol–water partition coefficient (Wildman–Crippen LogP) is 4.16. The highest BCUT2D eigenvalue weighted by molar-refractivity contribution is 6.00. The largest absolute Gasteiger partial charge is 0.496 e. The lowest BCUT2D eigenvalue weighted by molar-refractivity contribution is -0.126. The van der Waals surface area contributed by atoms with E-state index < -0.39 is 0 Å². The summed E-state index contributed by atoms with van der Waals surface area (Å²) in [6.45, 7) is 2.23. The molecule has 1 heterocycles. The van der Waals surface area contributed by atoms with Gasteiger partial charge in [0.15, 0.2) is 0 Å². The standard InChI is InChI=1S/C24H34N2O3/c1-16-9-3-6-12-19(16)25-23(27)21-15-17-10-4-7-13-20(17)26(21)24(28)18-11-5-8-14-22(18)29-2/h5,8,11,14,16-17,19-21H,3-4,6-7,9-10,12-13,15H2,1-2H3,(H,25,27). The average molecular weight is 399 g/mol. The zero-order chi connectivity index (χ0) is 20.4. The Labute approximate surface area is 174 Å². The van der Waals surface area contributed by atoms with Gasteiger partial charge in [-0.15, -0.1) is 0 Å². The van der Waals surface area contributed by atoms with Gasteiger partial charge in [-0.3, -0.25) is 9.59 Å². The first-order chi connectivity index (χ1) is 14.1. The first kappa shape index (κ1) is 20.2. The second kappa shape index (κ2) is 8.76. The van der Waals surface area contributed by atoms with Crippen LogP contribution in [-0.4, -0.2) is 41.9 Å². The number of para-hydroxylation sites is 1. The van der Waals surface area contributed by atoms with Crippen molar-refractivity contribution in [1.82, 2.24) is 10.2 Å². The number of benzene rings is 1. The average Bonchev–Trinajstić information content (AvgIpc) is 3.14. The van der Waals surface area contributed by atoms with Gasteiger partial charge in [-0.05, 0) is 56.1 Å². The van der Waals surface area contributed by atoms with Crippen molar-refractivity contribution in [2.45, 2.75) is 82.8 Å². The van der Waals surface area contributed by atoms with Gasteiger partial charge in [-0.1, -0.05) is 44.7 Å². The lowest BCUT2D eigenvalue weighted by Crippen LogP contribution is -2.52. The van der Waals surface area contributed by atoms with Crippen LogP contribution in [0.15, 0.2) is 24.3 Å². The van der Waals surface area contributed by atoms with Crippen LogP contribution >= 0.6 is 0 Å². The molecule has 158 valence electrons. The number of fused-ring (bicyclic) bond motifs is 1. The summed E-state index contributed by atoms with van der Waals surface area (Å²) in [7, 11) is 1.59. The van der Waals surface area contributed by atoms with Crippen LogP contribution in [0.5, 0.6) is 5.75 Å². The number of hydrogen-bond acceptors (Lipinski definition) is 3. The summed E-state index contributed by atoms with van der Waals surface area (Å²) in [5.41, 5.74) is 0.560. The molecule has 29 heavy (non-hydrogen) atoms. The minimum Gasteiger partial charge on any atom is -0.496 e. The molecule has 1 N–H and O–H groups in total. The minimum atomic E-state index is -0.366. The topological polar surface area (TPSA) is 58.6 Å². The van der Waals surface area contributed by atoms with Gasteiger partial charge in [0.1, 0.15) is 11.8 Å². The first-order valence-corrected chi connectivity index (χ1v) is 11.4. The molecule has 0 radical (unpaired) electrons. The summed E-state index contributed by atoms with van der Waals surface area (Å²) >= 11 is 0. The highest BCUT2D eigenvalue weighted by Crippen LogP contribution is 2.41. The molecule has 3 fully saturated rings. The summed E-state index contributed by atoms with van der Waals surface area (Å²) in [6, 6.07) is 7.41. The van der Waals surface area contributed by atoms with Crippen LogP contribution in [-0.2, 0) is 4.79 Å². The van der Waals surface area contributed by atoms with Gasteiger partial charge in [0.2, 0.25) is 5.91 Å². The molecule has 4 rings (SSSR count). The molecule has 0 aromatic heterocycles. The Kier molecular flexibility index (Phi) is 6.12. The number of carbonyl (C=O) groups excluding carboxylic acids is 2. The van der Waals surface area contributed by atoms with Gasteiger partial charge in [-0.25, -0.2) is 0 Å². The van der Waals surface area contributed by atoms with E-state index in [0.717, 1.165) is 32.1 Å². The van der Waals surface area contributed by atoms with Gasteiger partial charge in [0.25, 0.3) is 5.91 Å². The van der Waals surface area contributed by atoms with E-state index in [4.69, 9.17) is 4.74 Å². The Balaban J connectivity index is 1.59. The van der Waals surface area contributed by atoms with E-state index in [1.54, 1.807) is 7.11 Å². The predicted molar refractivity (Wildman–Crippen MR) is 113 cm³/mol. The number of hydrogen-bond donors (Lipinski definition) is 1. The number of likely N-dealkylation sites (tertiary alicyclic amines) is 1. The van der Waals surface area contributed by atoms with Crippen molar-refractivity contribution in [3.8, 4) is 5.75 Å². The zero-order valence-electron chi connectivity index (χ0n) is 17.7. The number of carbonyl (C=O) groups is 2. The highest BCUT2D eigenvalue weighted by Gasteiger charge is 2.48. The third-order valence-corrected chi connectivity index (χ3v) is 7.40. The molecular weight excluding hydrogens is 364 g/mol. The van der Waals surface area contributed by atoms with E-state index in [2.05, 4.69) is 12.2 Å². The molecule has 1 aromatic carbocycles. The van der Waals surface area contributed by atoms with Gasteiger partial charge in [0.05, 0.1) is 12.7 Å². The van der Waals surface area contributed by atoms with E-state index >= 15 is 0 Å². The van der Waals surface area contributed by atoms with Crippen LogP contribution in [0.25, 0.3) is 0 Å². The molecule has 3 aliphatic rings. The number of methoxy groups -OCH3 is 1. The Bertz CT molecular complexity index is 749. The molecule has 1 saturated heterocycles. The lowest BCUT2D eigenvalue weighted by atomic mass is 9.84. The Morgan fingerprint density at radius 3 is 2.55 bits per heavy atom. The van der Waals surface area contributed by atoms with Crippen LogP contribution in [0.2, 0.25) is 0 Å². The molecule has 5 atom stereocenters. The summed E-state index contributed by atoms with van der Waals surface area (Å²) in [5, 5.41) is 3.32. The van der Waals surface area contributed by atoms with Gasteiger partial charge in [0, 0.05) is 12.1 Å². The number of amides is 2. The molecule has 0 spiro atoms. The minimum absolute atomic E-state index is 0.0430. The van der Waals surface area contributed by atoms with Gasteiger partial charge < -0.3 is 15.0 Å². The number of nitrogens with zero attached hydrogens (tertiary/aromatic N) is 1. The lowest BCUT2D eigenvalue weighted by Gasteiger charge is -2.35. The molecular formula is C24H34N2O3. The van der Waals surface area contributed by atoms with Crippen molar-refractivity contribution in [2.24, 2.45) is 11.8 Å². The third kappa shape index (κ3) is 4.01. The van der Waals surface area contributed by atoms with Crippen LogP contribution in [0.3, 0.4) is 0 Å². The third-order valence-electron chi connectivity index (χ3n) is 7.40. The summed E-state index contributed by atoms with van der Waals surface area (Å²) < 4.78 is 5.45. The van der Waals surface area contributed by atoms with Crippen molar-refractivity contribution in [3.05, 3.63) is 29.8 Å². The van der Waals surface area contributed by atoms with Crippen molar-refractivity contribution in [1.29, 1.82) is 0 Å². The number of nitrogens with one attached hydrogen (secondary N) is 1. The molecule has 5 nitrogen and oxygen atoms in total. The number of rotatable bonds is 4. The SMILES string of the molecule is COc1ccccc1C(=O)N1C(C(=O)NC2CCCCC2C)CC2CCCCC21. The molecule has 0 bridgehead atoms. The van der Waals surface area contributed by atoms with Gasteiger partial charge in [-0.2, -0.15) is 0 Å². The smallest absolute Gasteiger partial charge is 0.258 e. The summed E-state index contributed by atoms with van der Waals surface area (Å²) in [4.78, 5) is 28.9. The fraction of sp³-hybridized carbons (Fsp3) is 0.667. The Morgan fingerprint density at radius 1 is 1.03 bits per heavy atom. The van der Waals surface area contributed by atoms with Crippen LogP contribution in [0.1, 0.15) is 75.1 Å². The van der Waals surface area contributed by atoms with Gasteiger partial charge >= 0.3 is 0 Å². The summed E-state index contributed by atoms with van der Waals surface area (Å²) in [6.07, 6.45) is 9.88. The molecule has 5 unspecified atom stereocenters. The Hall–Kier alpha value is -2.04. The molecule has 2 aliphatic carbocycles. The maximum Gasteiger partial charge on any atom is 0.258 e. The summed E-state index contributed by atoms with van der Waals surface area (Å²) in [5.74, 6) is 1.50. The maximum atomic E-state index is 13.6. The van der Waals surface area contributed by atoms with Crippen LogP contribution < -0.4 is 10.1 Å². The van der Waals surface area contributed by atoms with Crippen LogP contribution in [0.4, 0.5) is 0 Å². The molecule has 2 amide bonds. The fourth-order valence-electron chi connectivity index (χ4n) is 5.76. The monoisotopic (exact) mass is 398 g/mol. The molecule has 1 aliphatic heterocycles. The molecule has 5 heteroatoms. The van der Waals surface area contributed by atoms with Crippen LogP contribution in [0, 0.1) is 11.8 Å². The van der Waals surface area contributed by atoms with E-state index in [0.29, 0.717) is 23.1 Å². The first-order valence-electron chi connectivity index (χ1n) is 11.4. The van der Waals surface area contributed by atoms with Crippen molar-refractivity contribution < 1.29 is 14.3 Å². The fourth-order valence-corrected chi connectivity index (χ4v) is 5.76. The Morgan fingerprint density at radius 2 is 1.76 bits per heavy atom. The molecule has 2 saturated carbocycles. The van der Waals surface area contributed by atoms with Crippen molar-refractivity contribution in [2.75, 3.05) is 7.11 Å². The second-order valence-electron chi connectivity index (χ2n) is 9.15. The quantitative estimate of drug-likeness (QED) is 0.828. The zero-order valence-corrected chi connectivity index (χ0v) is 17.7. The van der Waals surface area contributed by atoms with Crippen molar-refractivity contribution >= 4 is 11.8 Å². The normalized spacial score (nSPS) is 31.8. The van der Waals surface area contributed by atoms with E-state index in [1.807, 2.05) is 29.2 Å². The highest BCUT2D eigenvalue weighted by atomic mass is 16.5. The van der Waals surface area contributed by atoms with E-state index in [9.17, 15) is 9.59 Å². The van der Waals surface area contributed by atoms with Crippen molar-refractivity contribution in [3.63, 3.8) is 0 Å². The van der Waals surface area contributed by atoms with E-state index in [-0.39, 0.29) is 29.9 Å².